The lowest BCUT2D eigenvalue weighted by molar-refractivity contribution is -0.131. The number of nitrogens with zero attached hydrogens (tertiary/aromatic N) is 2. The van der Waals surface area contributed by atoms with Crippen molar-refractivity contribution >= 4 is 11.8 Å². The highest BCUT2D eigenvalue weighted by Crippen LogP contribution is 2.03. The van der Waals surface area contributed by atoms with Crippen LogP contribution in [0.2, 0.25) is 0 Å². The molecule has 1 fully saturated rings. The third-order valence-corrected chi connectivity index (χ3v) is 4.05. The van der Waals surface area contributed by atoms with Gasteiger partial charge in [-0.15, -0.1) is 0 Å². The number of hydrogen-bond donors (Lipinski definition) is 1. The highest BCUT2D eigenvalue weighted by Gasteiger charge is 2.18. The van der Waals surface area contributed by atoms with E-state index >= 15 is 0 Å². The average Bonchev–Trinajstić information content (AvgIpc) is 2.54. The predicted molar refractivity (Wildman–Crippen MR) is 86.5 cm³/mol. The molecule has 0 atom stereocenters. The Balaban J connectivity index is 1.57. The second-order valence-electron chi connectivity index (χ2n) is 5.68. The van der Waals surface area contributed by atoms with Crippen LogP contribution in [0.1, 0.15) is 18.9 Å². The maximum absolute atomic E-state index is 11.8. The summed E-state index contributed by atoms with van der Waals surface area (Å²) in [6.07, 6.45) is 1.39. The second kappa shape index (κ2) is 8.54. The van der Waals surface area contributed by atoms with E-state index in [-0.39, 0.29) is 11.8 Å². The lowest BCUT2D eigenvalue weighted by Gasteiger charge is -2.34. The highest BCUT2D eigenvalue weighted by atomic mass is 16.2. The van der Waals surface area contributed by atoms with Gasteiger partial charge in [0, 0.05) is 52.6 Å². The number of nitrogens with one attached hydrogen (secondary N) is 1. The van der Waals surface area contributed by atoms with Crippen LogP contribution >= 0.6 is 0 Å². The van der Waals surface area contributed by atoms with Crippen LogP contribution in [-0.2, 0) is 16.0 Å². The average molecular weight is 303 g/mol. The first-order chi connectivity index (χ1) is 10.6. The molecule has 1 aromatic carbocycles. The molecule has 5 nitrogen and oxygen atoms in total. The van der Waals surface area contributed by atoms with Gasteiger partial charge in [0.1, 0.15) is 0 Å². The van der Waals surface area contributed by atoms with Gasteiger partial charge in [-0.2, -0.15) is 0 Å². The number of piperazine rings is 1. The first-order valence-electron chi connectivity index (χ1n) is 7.93. The lowest BCUT2D eigenvalue weighted by atomic mass is 10.1. The van der Waals surface area contributed by atoms with Crippen LogP contribution in [0, 0.1) is 0 Å². The van der Waals surface area contributed by atoms with Crippen LogP contribution in [0.5, 0.6) is 0 Å². The monoisotopic (exact) mass is 303 g/mol. The first-order valence-corrected chi connectivity index (χ1v) is 7.93. The van der Waals surface area contributed by atoms with Crippen molar-refractivity contribution in [2.75, 3.05) is 39.3 Å². The Kier molecular flexibility index (Phi) is 6.40. The quantitative estimate of drug-likeness (QED) is 0.849. The number of rotatable bonds is 6. The fraction of sp³-hybridized carbons (Fsp3) is 0.529. The third-order valence-electron chi connectivity index (χ3n) is 4.05. The molecule has 0 spiro atoms. The summed E-state index contributed by atoms with van der Waals surface area (Å²) >= 11 is 0. The molecule has 0 unspecified atom stereocenters. The molecule has 1 heterocycles. The maximum Gasteiger partial charge on any atom is 0.221 e. The number of carbonyl (C=O) groups excluding carboxylic acids is 2. The van der Waals surface area contributed by atoms with Crippen molar-refractivity contribution < 1.29 is 9.59 Å². The molecule has 0 bridgehead atoms. The van der Waals surface area contributed by atoms with E-state index in [1.165, 1.54) is 5.56 Å². The van der Waals surface area contributed by atoms with Crippen LogP contribution in [0.3, 0.4) is 0 Å². The van der Waals surface area contributed by atoms with Crippen LogP contribution in [0.4, 0.5) is 0 Å². The summed E-state index contributed by atoms with van der Waals surface area (Å²) in [6, 6.07) is 10.2. The molecule has 0 saturated carbocycles. The Morgan fingerprint density at radius 1 is 1.09 bits per heavy atom. The summed E-state index contributed by atoms with van der Waals surface area (Å²) in [7, 11) is 0. The Labute approximate surface area is 132 Å². The topological polar surface area (TPSA) is 52.7 Å². The van der Waals surface area contributed by atoms with Crippen molar-refractivity contribution in [3.63, 3.8) is 0 Å². The van der Waals surface area contributed by atoms with E-state index < -0.39 is 0 Å². The SMILES string of the molecule is CC(=O)N1CCN(CCC(=O)NCCc2ccccc2)CC1. The fourth-order valence-corrected chi connectivity index (χ4v) is 2.63. The molecule has 2 rings (SSSR count). The van der Waals surface area contributed by atoms with Gasteiger partial charge in [-0.1, -0.05) is 30.3 Å². The molecule has 0 radical (unpaired) electrons. The molecule has 0 aliphatic carbocycles. The molecule has 5 heteroatoms. The van der Waals surface area contributed by atoms with Gasteiger partial charge in [-0.05, 0) is 12.0 Å². The van der Waals surface area contributed by atoms with Gasteiger partial charge in [-0.3, -0.25) is 14.5 Å². The highest BCUT2D eigenvalue weighted by molar-refractivity contribution is 5.76. The minimum absolute atomic E-state index is 0.102. The van der Waals surface area contributed by atoms with E-state index in [4.69, 9.17) is 0 Å². The molecule has 1 aliphatic rings. The number of amides is 2. The molecule has 22 heavy (non-hydrogen) atoms. The first kappa shape index (κ1) is 16.5. The van der Waals surface area contributed by atoms with Crippen LogP contribution in [0.25, 0.3) is 0 Å². The zero-order valence-electron chi connectivity index (χ0n) is 13.3. The minimum atomic E-state index is 0.102. The van der Waals surface area contributed by atoms with Crippen molar-refractivity contribution in [2.24, 2.45) is 0 Å². The minimum Gasteiger partial charge on any atom is -0.356 e. The fourth-order valence-electron chi connectivity index (χ4n) is 2.63. The molecule has 120 valence electrons. The van der Waals surface area contributed by atoms with E-state index in [1.54, 1.807) is 6.92 Å². The van der Waals surface area contributed by atoms with Gasteiger partial charge in [0.15, 0.2) is 0 Å². The van der Waals surface area contributed by atoms with Crippen molar-refractivity contribution in [1.29, 1.82) is 0 Å². The van der Waals surface area contributed by atoms with Crippen LogP contribution in [-0.4, -0.2) is 60.9 Å². The van der Waals surface area contributed by atoms with E-state index in [2.05, 4.69) is 22.3 Å². The molecule has 0 aromatic heterocycles. The van der Waals surface area contributed by atoms with Crippen molar-refractivity contribution in [2.45, 2.75) is 19.8 Å². The normalized spacial score (nSPS) is 15.6. The zero-order chi connectivity index (χ0) is 15.8. The number of hydrogen-bond acceptors (Lipinski definition) is 3. The zero-order valence-corrected chi connectivity index (χ0v) is 13.3. The Morgan fingerprint density at radius 2 is 1.77 bits per heavy atom. The van der Waals surface area contributed by atoms with E-state index in [0.29, 0.717) is 13.0 Å². The van der Waals surface area contributed by atoms with E-state index in [1.807, 2.05) is 23.1 Å². The molecule has 2 amide bonds. The standard InChI is InChI=1S/C17H25N3O2/c1-15(21)20-13-11-19(12-14-20)10-8-17(22)18-9-7-16-5-3-2-4-6-16/h2-6H,7-14H2,1H3,(H,18,22). The van der Waals surface area contributed by atoms with Gasteiger partial charge in [-0.25, -0.2) is 0 Å². The number of benzene rings is 1. The van der Waals surface area contributed by atoms with Gasteiger partial charge in [0.25, 0.3) is 0 Å². The predicted octanol–water partition coefficient (Wildman–Crippen LogP) is 0.900. The van der Waals surface area contributed by atoms with Crippen LogP contribution < -0.4 is 5.32 Å². The summed E-state index contributed by atoms with van der Waals surface area (Å²) in [6.45, 7) is 6.31. The summed E-state index contributed by atoms with van der Waals surface area (Å²) < 4.78 is 0. The van der Waals surface area contributed by atoms with Crippen LogP contribution in [0.15, 0.2) is 30.3 Å². The summed E-state index contributed by atoms with van der Waals surface area (Å²) in [4.78, 5) is 27.2. The molecular formula is C17H25N3O2. The molecule has 1 saturated heterocycles. The Morgan fingerprint density at radius 3 is 2.41 bits per heavy atom. The smallest absolute Gasteiger partial charge is 0.221 e. The molecule has 1 aromatic rings. The maximum atomic E-state index is 11.8. The van der Waals surface area contributed by atoms with Crippen molar-refractivity contribution in [3.05, 3.63) is 35.9 Å². The third kappa shape index (κ3) is 5.48. The van der Waals surface area contributed by atoms with Gasteiger partial charge in [0.05, 0.1) is 0 Å². The van der Waals surface area contributed by atoms with E-state index in [0.717, 1.165) is 39.1 Å². The van der Waals surface area contributed by atoms with Crippen molar-refractivity contribution in [1.82, 2.24) is 15.1 Å². The Hall–Kier alpha value is -1.88. The largest absolute Gasteiger partial charge is 0.356 e. The lowest BCUT2D eigenvalue weighted by Crippen LogP contribution is -2.48. The van der Waals surface area contributed by atoms with Gasteiger partial charge in [0.2, 0.25) is 11.8 Å². The second-order valence-corrected chi connectivity index (χ2v) is 5.68. The molecular weight excluding hydrogens is 278 g/mol. The Bertz CT molecular complexity index is 482. The van der Waals surface area contributed by atoms with Gasteiger partial charge < -0.3 is 10.2 Å². The molecule has 1 aliphatic heterocycles. The molecule has 1 N–H and O–H groups in total. The van der Waals surface area contributed by atoms with E-state index in [9.17, 15) is 9.59 Å². The number of carbonyl (C=O) groups is 2. The summed E-state index contributed by atoms with van der Waals surface area (Å²) in [5.74, 6) is 0.239. The summed E-state index contributed by atoms with van der Waals surface area (Å²) in [5, 5.41) is 2.97. The van der Waals surface area contributed by atoms with Gasteiger partial charge >= 0.3 is 0 Å². The van der Waals surface area contributed by atoms with Crippen molar-refractivity contribution in [3.8, 4) is 0 Å². The summed E-state index contributed by atoms with van der Waals surface area (Å²) in [5.41, 5.74) is 1.24.